The molecule has 0 spiro atoms. The van der Waals surface area contributed by atoms with Crippen molar-refractivity contribution < 1.29 is 9.59 Å². The van der Waals surface area contributed by atoms with E-state index < -0.39 is 6.03 Å². The van der Waals surface area contributed by atoms with Crippen LogP contribution >= 0.6 is 0 Å². The number of allylic oxidation sites excluding steroid dienone is 3. The molecule has 15 heavy (non-hydrogen) atoms. The van der Waals surface area contributed by atoms with Crippen molar-refractivity contribution in [2.24, 2.45) is 11.7 Å². The number of nitrogens with two attached hydrogens (primary N) is 1. The third-order valence-electron chi connectivity index (χ3n) is 2.99. The predicted octanol–water partition coefficient (Wildman–Crippen LogP) is 0.889. The zero-order valence-corrected chi connectivity index (χ0v) is 8.40. The summed E-state index contributed by atoms with van der Waals surface area (Å²) < 4.78 is 0. The highest BCUT2D eigenvalue weighted by Crippen LogP contribution is 2.32. The van der Waals surface area contributed by atoms with E-state index >= 15 is 0 Å². The van der Waals surface area contributed by atoms with Crippen LogP contribution in [0, 0.1) is 5.92 Å². The molecule has 2 amide bonds. The first-order valence-corrected chi connectivity index (χ1v) is 5.14. The monoisotopic (exact) mass is 206 g/mol. The Morgan fingerprint density at radius 3 is 3.07 bits per heavy atom. The van der Waals surface area contributed by atoms with Crippen LogP contribution in [0.4, 0.5) is 4.79 Å². The number of carbonyl (C=O) groups is 2. The number of urea groups is 1. The molecule has 0 saturated heterocycles. The molecule has 2 aliphatic carbocycles. The summed E-state index contributed by atoms with van der Waals surface area (Å²) in [4.78, 5) is 22.4. The Morgan fingerprint density at radius 1 is 1.53 bits per heavy atom. The molecule has 2 aliphatic rings. The van der Waals surface area contributed by atoms with Gasteiger partial charge in [-0.3, -0.25) is 4.79 Å². The minimum absolute atomic E-state index is 0.0411. The Kier molecular flexibility index (Phi) is 2.58. The van der Waals surface area contributed by atoms with Crippen molar-refractivity contribution in [3.63, 3.8) is 0 Å². The smallest absolute Gasteiger partial charge is 0.312 e. The van der Waals surface area contributed by atoms with Crippen molar-refractivity contribution in [3.8, 4) is 0 Å². The van der Waals surface area contributed by atoms with Gasteiger partial charge < -0.3 is 11.1 Å². The Labute approximate surface area is 88.2 Å². The van der Waals surface area contributed by atoms with Crippen molar-refractivity contribution in [2.45, 2.75) is 25.3 Å². The van der Waals surface area contributed by atoms with Gasteiger partial charge in [0.25, 0.3) is 0 Å². The first-order valence-electron chi connectivity index (χ1n) is 5.14. The van der Waals surface area contributed by atoms with Gasteiger partial charge in [0, 0.05) is 12.3 Å². The summed E-state index contributed by atoms with van der Waals surface area (Å²) in [5.74, 6) is 0.230. The fraction of sp³-hybridized carbons (Fsp3) is 0.455. The summed E-state index contributed by atoms with van der Waals surface area (Å²) in [6.07, 6.45) is 7.78. The number of hydrogen-bond donors (Lipinski definition) is 2. The molecule has 0 heterocycles. The Bertz CT molecular complexity index is 358. The number of fused-ring (bicyclic) bond motifs is 1. The minimum Gasteiger partial charge on any atom is -0.352 e. The van der Waals surface area contributed by atoms with Gasteiger partial charge in [-0.1, -0.05) is 18.2 Å². The normalized spacial score (nSPS) is 29.3. The lowest BCUT2D eigenvalue weighted by atomic mass is 9.76. The molecular formula is C11H14N2O2. The van der Waals surface area contributed by atoms with Gasteiger partial charge in [-0.15, -0.1) is 0 Å². The van der Waals surface area contributed by atoms with Crippen molar-refractivity contribution >= 4 is 11.8 Å². The maximum atomic E-state index is 11.6. The van der Waals surface area contributed by atoms with Crippen LogP contribution in [0.15, 0.2) is 23.8 Å². The van der Waals surface area contributed by atoms with Crippen LogP contribution in [0.2, 0.25) is 0 Å². The van der Waals surface area contributed by atoms with E-state index in [2.05, 4.69) is 5.32 Å². The molecule has 4 nitrogen and oxygen atoms in total. The van der Waals surface area contributed by atoms with E-state index in [-0.39, 0.29) is 17.7 Å². The molecule has 0 aliphatic heterocycles. The van der Waals surface area contributed by atoms with Crippen molar-refractivity contribution in [2.75, 3.05) is 0 Å². The number of carbonyl (C=O) groups excluding carboxylic acids is 2. The quantitative estimate of drug-likeness (QED) is 0.668. The number of primary amides is 1. The third-order valence-corrected chi connectivity index (χ3v) is 2.99. The van der Waals surface area contributed by atoms with Crippen molar-refractivity contribution in [3.05, 3.63) is 23.8 Å². The van der Waals surface area contributed by atoms with Crippen LogP contribution in [-0.2, 0) is 4.79 Å². The molecule has 0 radical (unpaired) electrons. The number of Topliss-reactive ketones (excluding diaryl/α,β-unsaturated/α-hetero) is 1. The average Bonchev–Trinajstić information content (AvgIpc) is 2.22. The lowest BCUT2D eigenvalue weighted by molar-refractivity contribution is -0.123. The van der Waals surface area contributed by atoms with Crippen LogP contribution in [0.1, 0.15) is 19.3 Å². The van der Waals surface area contributed by atoms with Crippen LogP contribution in [-0.4, -0.2) is 17.9 Å². The van der Waals surface area contributed by atoms with Gasteiger partial charge in [0.2, 0.25) is 0 Å². The number of amides is 2. The molecule has 2 atom stereocenters. The van der Waals surface area contributed by atoms with Crippen LogP contribution < -0.4 is 11.1 Å². The predicted molar refractivity (Wildman–Crippen MR) is 56.1 cm³/mol. The highest BCUT2D eigenvalue weighted by molar-refractivity contribution is 5.86. The number of ketones is 1. The van der Waals surface area contributed by atoms with E-state index in [4.69, 9.17) is 5.73 Å². The molecular weight excluding hydrogens is 192 g/mol. The van der Waals surface area contributed by atoms with Crippen LogP contribution in [0.3, 0.4) is 0 Å². The highest BCUT2D eigenvalue weighted by Gasteiger charge is 2.33. The zero-order valence-electron chi connectivity index (χ0n) is 8.40. The Balaban J connectivity index is 2.20. The van der Waals surface area contributed by atoms with Crippen LogP contribution in [0.25, 0.3) is 0 Å². The second-order valence-electron chi connectivity index (χ2n) is 3.95. The Hall–Kier alpha value is -1.58. The van der Waals surface area contributed by atoms with Crippen molar-refractivity contribution in [1.29, 1.82) is 0 Å². The van der Waals surface area contributed by atoms with Crippen LogP contribution in [0.5, 0.6) is 0 Å². The summed E-state index contributed by atoms with van der Waals surface area (Å²) >= 11 is 0. The maximum Gasteiger partial charge on any atom is 0.312 e. The van der Waals surface area contributed by atoms with Gasteiger partial charge in [0.1, 0.15) is 5.78 Å². The first-order chi connectivity index (χ1) is 7.18. The first kappa shape index (κ1) is 9.96. The lowest BCUT2D eigenvalue weighted by Gasteiger charge is -2.32. The summed E-state index contributed by atoms with van der Waals surface area (Å²) in [6.45, 7) is 0. The minimum atomic E-state index is -0.524. The lowest BCUT2D eigenvalue weighted by Crippen LogP contribution is -2.45. The molecule has 2 unspecified atom stereocenters. The summed E-state index contributed by atoms with van der Waals surface area (Å²) in [5, 5.41) is 2.69. The van der Waals surface area contributed by atoms with E-state index in [1.807, 2.05) is 18.2 Å². The zero-order chi connectivity index (χ0) is 10.8. The standard InChI is InChI=1S/C11H14N2O2/c12-11(15)13-9-5-6-10(14)8-4-2-1-3-7(8)9/h1-3,8-9H,4-6H2,(H3,12,13,15). The van der Waals surface area contributed by atoms with Gasteiger partial charge in [0.15, 0.2) is 0 Å². The van der Waals surface area contributed by atoms with E-state index in [1.165, 1.54) is 0 Å². The van der Waals surface area contributed by atoms with Gasteiger partial charge in [-0.05, 0) is 18.4 Å². The molecule has 0 aromatic carbocycles. The number of nitrogens with one attached hydrogen (secondary N) is 1. The fourth-order valence-corrected chi connectivity index (χ4v) is 2.28. The fourth-order valence-electron chi connectivity index (χ4n) is 2.28. The van der Waals surface area contributed by atoms with Gasteiger partial charge in [-0.2, -0.15) is 0 Å². The van der Waals surface area contributed by atoms with Crippen molar-refractivity contribution in [1.82, 2.24) is 5.32 Å². The topological polar surface area (TPSA) is 72.2 Å². The summed E-state index contributed by atoms with van der Waals surface area (Å²) in [6, 6.07) is -0.585. The molecule has 80 valence electrons. The number of rotatable bonds is 1. The van der Waals surface area contributed by atoms with E-state index in [9.17, 15) is 9.59 Å². The molecule has 0 aromatic rings. The highest BCUT2D eigenvalue weighted by atomic mass is 16.2. The summed E-state index contributed by atoms with van der Waals surface area (Å²) in [7, 11) is 0. The largest absolute Gasteiger partial charge is 0.352 e. The molecule has 4 heteroatoms. The second kappa shape index (κ2) is 3.88. The SMILES string of the molecule is NC(=O)NC1CCC(=O)C2CC=CC=C12. The Morgan fingerprint density at radius 2 is 2.33 bits per heavy atom. The molecule has 0 aromatic heterocycles. The van der Waals surface area contributed by atoms with E-state index in [1.54, 1.807) is 0 Å². The molecule has 1 fully saturated rings. The number of hydrogen-bond acceptors (Lipinski definition) is 2. The molecule has 1 saturated carbocycles. The second-order valence-corrected chi connectivity index (χ2v) is 3.95. The molecule has 3 N–H and O–H groups in total. The van der Waals surface area contributed by atoms with E-state index in [0.29, 0.717) is 12.8 Å². The van der Waals surface area contributed by atoms with E-state index in [0.717, 1.165) is 12.0 Å². The molecule has 2 rings (SSSR count). The van der Waals surface area contributed by atoms with Gasteiger partial charge in [-0.25, -0.2) is 4.79 Å². The third kappa shape index (κ3) is 1.93. The molecule has 0 bridgehead atoms. The maximum absolute atomic E-state index is 11.6. The van der Waals surface area contributed by atoms with Gasteiger partial charge >= 0.3 is 6.03 Å². The average molecular weight is 206 g/mol. The van der Waals surface area contributed by atoms with Gasteiger partial charge in [0.05, 0.1) is 6.04 Å². The summed E-state index contributed by atoms with van der Waals surface area (Å²) in [5.41, 5.74) is 6.11.